The van der Waals surface area contributed by atoms with Gasteiger partial charge in [0.2, 0.25) is 0 Å². The molecule has 70 heavy (non-hydrogen) atoms. The van der Waals surface area contributed by atoms with Gasteiger partial charge >= 0.3 is 0 Å². The Balaban J connectivity index is 0.000000170. The van der Waals surface area contributed by atoms with Gasteiger partial charge in [-0.05, 0) is 96.1 Å². The number of halogens is 2. The molecule has 4 N–H and O–H groups in total. The molecule has 2 aromatic carbocycles. The first-order valence-electron chi connectivity index (χ1n) is 21.2. The van der Waals surface area contributed by atoms with Crippen LogP contribution in [-0.2, 0) is 47.0 Å². The van der Waals surface area contributed by atoms with Crippen molar-refractivity contribution in [3.63, 3.8) is 0 Å². The quantitative estimate of drug-likeness (QED) is 0.127. The average Bonchev–Trinajstić information content (AvgIpc) is 3.89. The van der Waals surface area contributed by atoms with Crippen LogP contribution in [0.3, 0.4) is 0 Å². The molecule has 0 atom stereocenters. The van der Waals surface area contributed by atoms with E-state index in [1.807, 2.05) is 6.07 Å². The Morgan fingerprint density at radius 1 is 0.529 bits per heavy atom. The van der Waals surface area contributed by atoms with E-state index in [4.69, 9.17) is 29.5 Å². The fourth-order valence-corrected chi connectivity index (χ4v) is 6.48. The van der Waals surface area contributed by atoms with Gasteiger partial charge in [-0.1, -0.05) is 0 Å². The van der Waals surface area contributed by atoms with Gasteiger partial charge in [0.15, 0.2) is 11.6 Å². The van der Waals surface area contributed by atoms with Gasteiger partial charge in [0, 0.05) is 37.4 Å². The minimum atomic E-state index is -0.554. The van der Waals surface area contributed by atoms with Crippen LogP contribution in [0.2, 0.25) is 0 Å². The van der Waals surface area contributed by atoms with Gasteiger partial charge in [0.05, 0.1) is 62.0 Å². The number of rotatable bonds is 13. The molecule has 0 spiro atoms. The van der Waals surface area contributed by atoms with Gasteiger partial charge in [-0.2, -0.15) is 10.2 Å². The van der Waals surface area contributed by atoms with Crippen LogP contribution in [0.5, 0.6) is 28.7 Å². The van der Waals surface area contributed by atoms with Crippen molar-refractivity contribution in [2.24, 2.45) is 14.1 Å². The third kappa shape index (κ3) is 13.5. The van der Waals surface area contributed by atoms with E-state index in [2.05, 4.69) is 25.1 Å². The Kier molecular flexibility index (Phi) is 17.7. The van der Waals surface area contributed by atoms with Crippen molar-refractivity contribution in [3.8, 4) is 28.7 Å². The molecule has 2 amide bonds. The van der Waals surface area contributed by atoms with E-state index in [0.29, 0.717) is 70.2 Å². The zero-order valence-electron chi connectivity index (χ0n) is 37.8. The van der Waals surface area contributed by atoms with Crippen molar-refractivity contribution in [2.75, 3.05) is 36.4 Å². The smallest absolute Gasteiger partial charge is 0.266 e. The molecule has 364 valence electrons. The zero-order valence-corrected chi connectivity index (χ0v) is 37.8. The number of aromatic hydroxyl groups is 2. The molecule has 0 saturated heterocycles. The Morgan fingerprint density at radius 2 is 0.986 bits per heavy atom. The van der Waals surface area contributed by atoms with Crippen molar-refractivity contribution < 1.29 is 53.0 Å². The van der Waals surface area contributed by atoms with Crippen molar-refractivity contribution in [1.82, 2.24) is 34.5 Å². The standard InChI is InChI=1S/C21H19FN4O4.C13H11N3O3.C8H10FNO2.C6H7NO2/c1-25-20(27)7-6-19(24-25)26-12-14-10-16(4-5-18(14)21(26)28)30-13-15-2-3-17(11-23-15)29-9-8-22;1-15-12(18)5-4-11(14-15)16-7-8-6-9(17)2-3-10(8)13(16)19;9-3-4-12-8-2-1-7(6-11)10-5-8;8-4-5-1-2-6(9)3-7-5/h2-7,10-11H,8-9,12-13H2,1H3;2-6,17H,7H2,1H3;1-2,5,11H,3-4,6H2;1-3,8-9H,4H2. The first kappa shape index (κ1) is 50.8. The lowest BCUT2D eigenvalue weighted by Crippen LogP contribution is -2.28. The number of phenolic OH excluding ortho intramolecular Hbond substituents is 1. The lowest BCUT2D eigenvalue weighted by Gasteiger charge is -2.14. The number of aliphatic hydroxyl groups is 2. The van der Waals surface area contributed by atoms with Crippen molar-refractivity contribution >= 4 is 23.5 Å². The second kappa shape index (κ2) is 24.4. The molecule has 7 aromatic rings. The number of fused-ring (bicyclic) bond motifs is 2. The second-order valence-electron chi connectivity index (χ2n) is 14.9. The highest BCUT2D eigenvalue weighted by Crippen LogP contribution is 2.31. The van der Waals surface area contributed by atoms with E-state index in [1.165, 1.54) is 81.2 Å². The maximum atomic E-state index is 12.7. The summed E-state index contributed by atoms with van der Waals surface area (Å²) in [6.07, 6.45) is 4.28. The number of hydrogen-bond donors (Lipinski definition) is 4. The minimum absolute atomic E-state index is 0.00278. The molecule has 0 bridgehead atoms. The molecular weight excluding hydrogens is 917 g/mol. The number of alkyl halides is 2. The molecule has 2 aliphatic heterocycles. The molecule has 20 nitrogen and oxygen atoms in total. The molecule has 0 saturated carbocycles. The third-order valence-corrected chi connectivity index (χ3v) is 10.0. The topological polar surface area (TPSA) is 258 Å². The normalized spacial score (nSPS) is 12.1. The lowest BCUT2D eigenvalue weighted by molar-refractivity contribution is 0.0987. The number of benzene rings is 2. The number of ether oxygens (including phenoxy) is 3. The number of anilines is 2. The Labute approximate surface area is 397 Å². The van der Waals surface area contributed by atoms with Crippen LogP contribution in [0.1, 0.15) is 48.9 Å². The van der Waals surface area contributed by atoms with Crippen LogP contribution >= 0.6 is 0 Å². The highest BCUT2D eigenvalue weighted by atomic mass is 19.1. The SMILES string of the molecule is Cn1nc(N2Cc3cc(O)ccc3C2=O)ccc1=O.Cn1nc(N2Cc3cc(OCc4ccc(OCCF)cn4)ccc3C2=O)ccc1=O.OCc1ccc(O)cn1.OCc1ccc(OCCF)cn1. The Morgan fingerprint density at radius 3 is 1.44 bits per heavy atom. The van der Waals surface area contributed by atoms with Crippen LogP contribution < -0.4 is 35.1 Å². The van der Waals surface area contributed by atoms with Gasteiger partial charge in [0.25, 0.3) is 22.9 Å². The number of amides is 2. The molecule has 5 aromatic heterocycles. The maximum Gasteiger partial charge on any atom is 0.266 e. The van der Waals surface area contributed by atoms with Gasteiger partial charge in [-0.3, -0.25) is 43.9 Å². The summed E-state index contributed by atoms with van der Waals surface area (Å²) in [4.78, 5) is 62.5. The van der Waals surface area contributed by atoms with E-state index in [9.17, 15) is 33.1 Å². The third-order valence-electron chi connectivity index (χ3n) is 10.0. The number of carbonyl (C=O) groups excluding carboxylic acids is 2. The number of aliphatic hydroxyl groups excluding tert-OH is 2. The van der Waals surface area contributed by atoms with Crippen LogP contribution in [0, 0.1) is 0 Å². The number of pyridine rings is 3. The fourth-order valence-electron chi connectivity index (χ4n) is 6.48. The highest BCUT2D eigenvalue weighted by molar-refractivity contribution is 6.10. The summed E-state index contributed by atoms with van der Waals surface area (Å²) in [5, 5.41) is 43.5. The van der Waals surface area contributed by atoms with Crippen LogP contribution in [-0.4, -0.2) is 93.3 Å². The molecule has 0 radical (unpaired) electrons. The molecule has 0 unspecified atom stereocenters. The largest absolute Gasteiger partial charge is 0.508 e. The van der Waals surface area contributed by atoms with Crippen molar-refractivity contribution in [2.45, 2.75) is 32.9 Å². The summed E-state index contributed by atoms with van der Waals surface area (Å²) in [5.74, 6) is 2.35. The lowest BCUT2D eigenvalue weighted by atomic mass is 10.1. The number of phenols is 1. The van der Waals surface area contributed by atoms with Gasteiger partial charge < -0.3 is 34.6 Å². The maximum absolute atomic E-state index is 12.7. The molecule has 2 aliphatic rings. The predicted molar refractivity (Wildman–Crippen MR) is 248 cm³/mol. The first-order chi connectivity index (χ1) is 33.8. The van der Waals surface area contributed by atoms with Crippen molar-refractivity contribution in [1.29, 1.82) is 0 Å². The number of aromatic nitrogens is 7. The highest BCUT2D eigenvalue weighted by Gasteiger charge is 2.31. The molecule has 0 fully saturated rings. The molecule has 0 aliphatic carbocycles. The van der Waals surface area contributed by atoms with E-state index in [1.54, 1.807) is 61.6 Å². The van der Waals surface area contributed by atoms with Gasteiger partial charge in [-0.25, -0.2) is 18.1 Å². The Hall–Kier alpha value is -8.63. The van der Waals surface area contributed by atoms with Crippen LogP contribution in [0.15, 0.2) is 125 Å². The summed E-state index contributed by atoms with van der Waals surface area (Å²) in [6.45, 7) is -0.282. The van der Waals surface area contributed by atoms with Crippen molar-refractivity contribution in [3.05, 3.63) is 176 Å². The van der Waals surface area contributed by atoms with Crippen LogP contribution in [0.4, 0.5) is 20.4 Å². The molecule has 9 rings (SSSR count). The zero-order chi connectivity index (χ0) is 50.2. The molecule has 22 heteroatoms. The predicted octanol–water partition coefficient (Wildman–Crippen LogP) is 4.11. The number of hydrogen-bond acceptors (Lipinski definition) is 16. The monoisotopic (exact) mass is 963 g/mol. The minimum Gasteiger partial charge on any atom is -0.508 e. The summed E-state index contributed by atoms with van der Waals surface area (Å²) < 4.78 is 42.0. The average molecular weight is 964 g/mol. The van der Waals surface area contributed by atoms with E-state index in [-0.39, 0.29) is 67.5 Å². The molecule has 7 heterocycles. The summed E-state index contributed by atoms with van der Waals surface area (Å²) in [6, 6.07) is 25.5. The Bertz CT molecular complexity index is 3000. The van der Waals surface area contributed by atoms with E-state index < -0.39 is 13.3 Å². The summed E-state index contributed by atoms with van der Waals surface area (Å²) in [5.41, 5.74) is 4.04. The first-order valence-corrected chi connectivity index (χ1v) is 21.2. The number of carbonyl (C=O) groups is 2. The van der Waals surface area contributed by atoms with E-state index in [0.717, 1.165) is 11.1 Å². The summed E-state index contributed by atoms with van der Waals surface area (Å²) in [7, 11) is 3.07. The fraction of sp³-hybridized carbons (Fsp3) is 0.229. The number of aryl methyl sites for hydroxylation is 2. The van der Waals surface area contributed by atoms with E-state index >= 15 is 0 Å². The van der Waals surface area contributed by atoms with Crippen LogP contribution in [0.25, 0.3) is 0 Å². The van der Waals surface area contributed by atoms with Gasteiger partial charge in [0.1, 0.15) is 61.9 Å². The summed E-state index contributed by atoms with van der Waals surface area (Å²) >= 11 is 0. The van der Waals surface area contributed by atoms with Gasteiger partial charge in [-0.15, -0.1) is 0 Å². The second-order valence-corrected chi connectivity index (χ2v) is 14.9. The number of nitrogens with zero attached hydrogens (tertiary/aromatic N) is 9. The molecular formula is C48H47F2N9O11.